The quantitative estimate of drug-likeness (QED) is 0.752. The topological polar surface area (TPSA) is 46.5 Å². The highest BCUT2D eigenvalue weighted by Crippen LogP contribution is 2.24. The largest absolute Gasteiger partial charge is 0.467 e. The Hall–Kier alpha value is -1.35. The summed E-state index contributed by atoms with van der Waals surface area (Å²) in [7, 11) is 1.26. The second-order valence-corrected chi connectivity index (χ2v) is 3.86. The Balaban J connectivity index is 3.16. The van der Waals surface area contributed by atoms with Crippen molar-refractivity contribution in [3.8, 4) is 0 Å². The minimum Gasteiger partial charge on any atom is -0.467 e. The summed E-state index contributed by atoms with van der Waals surface area (Å²) in [5, 5.41) is 10.00. The summed E-state index contributed by atoms with van der Waals surface area (Å²) in [6.45, 7) is 5.35. The molecule has 1 aromatic rings. The summed E-state index contributed by atoms with van der Waals surface area (Å²) < 4.78 is 4.55. The lowest BCUT2D eigenvalue weighted by atomic mass is 9.93. The molecule has 0 heterocycles. The molecule has 0 aliphatic rings. The van der Waals surface area contributed by atoms with Crippen LogP contribution in [0.5, 0.6) is 0 Å². The van der Waals surface area contributed by atoms with Crippen molar-refractivity contribution in [2.75, 3.05) is 7.11 Å². The number of benzene rings is 1. The van der Waals surface area contributed by atoms with Gasteiger partial charge in [-0.1, -0.05) is 18.2 Å². The first-order chi connectivity index (χ1) is 6.89. The van der Waals surface area contributed by atoms with Gasteiger partial charge >= 0.3 is 5.97 Å². The number of carbonyl (C=O) groups is 1. The molecule has 1 rings (SSSR count). The molecular formula is C12H16O3. The third kappa shape index (κ3) is 2.18. The summed E-state index contributed by atoms with van der Waals surface area (Å²) in [6, 6.07) is 5.41. The third-order valence-electron chi connectivity index (χ3n) is 2.65. The van der Waals surface area contributed by atoms with Gasteiger partial charge in [0.2, 0.25) is 0 Å². The predicted octanol–water partition coefficient (Wildman–Crippen LogP) is 1.68. The number of ether oxygens (including phenoxy) is 1. The van der Waals surface area contributed by atoms with Gasteiger partial charge in [0.15, 0.2) is 5.60 Å². The van der Waals surface area contributed by atoms with Crippen molar-refractivity contribution in [2.24, 2.45) is 0 Å². The maximum atomic E-state index is 11.4. The molecule has 3 nitrogen and oxygen atoms in total. The van der Waals surface area contributed by atoms with Gasteiger partial charge in [0.05, 0.1) is 7.11 Å². The molecule has 0 amide bonds. The van der Waals surface area contributed by atoms with Gasteiger partial charge in [-0.15, -0.1) is 0 Å². The highest BCUT2D eigenvalue weighted by molar-refractivity contribution is 5.80. The first-order valence-corrected chi connectivity index (χ1v) is 4.78. The molecule has 0 aromatic heterocycles. The van der Waals surface area contributed by atoms with E-state index < -0.39 is 11.6 Å². The number of carbonyl (C=O) groups excluding carboxylic acids is 1. The second kappa shape index (κ2) is 4.03. The van der Waals surface area contributed by atoms with Crippen LogP contribution in [0, 0.1) is 13.8 Å². The number of methoxy groups -OCH3 is 1. The molecule has 1 unspecified atom stereocenters. The molecule has 3 heteroatoms. The Bertz CT molecular complexity index is 380. The molecule has 0 aliphatic heterocycles. The first kappa shape index (κ1) is 11.7. The van der Waals surface area contributed by atoms with Crippen molar-refractivity contribution >= 4 is 5.97 Å². The standard InChI is InChI=1S/C12H16O3/c1-8-5-6-10(7-9(8)2)12(3,14)11(13)15-4/h5-7,14H,1-4H3. The lowest BCUT2D eigenvalue weighted by Gasteiger charge is -2.21. The van der Waals surface area contributed by atoms with Crippen LogP contribution in [-0.4, -0.2) is 18.2 Å². The molecular weight excluding hydrogens is 192 g/mol. The lowest BCUT2D eigenvalue weighted by Crippen LogP contribution is -2.33. The molecule has 1 N–H and O–H groups in total. The van der Waals surface area contributed by atoms with Crippen LogP contribution in [-0.2, 0) is 15.1 Å². The van der Waals surface area contributed by atoms with E-state index in [-0.39, 0.29) is 0 Å². The molecule has 15 heavy (non-hydrogen) atoms. The second-order valence-electron chi connectivity index (χ2n) is 3.86. The summed E-state index contributed by atoms with van der Waals surface area (Å²) >= 11 is 0. The Morgan fingerprint density at radius 1 is 1.33 bits per heavy atom. The van der Waals surface area contributed by atoms with Crippen LogP contribution in [0.25, 0.3) is 0 Å². The summed E-state index contributed by atoms with van der Waals surface area (Å²) in [6.07, 6.45) is 0. The van der Waals surface area contributed by atoms with Gasteiger partial charge in [-0.3, -0.25) is 0 Å². The van der Waals surface area contributed by atoms with Crippen LogP contribution in [0.4, 0.5) is 0 Å². The van der Waals surface area contributed by atoms with Crippen molar-refractivity contribution in [2.45, 2.75) is 26.4 Å². The van der Waals surface area contributed by atoms with E-state index >= 15 is 0 Å². The van der Waals surface area contributed by atoms with Crippen LogP contribution >= 0.6 is 0 Å². The minimum absolute atomic E-state index is 0.553. The van der Waals surface area contributed by atoms with Gasteiger partial charge in [0, 0.05) is 0 Å². The van der Waals surface area contributed by atoms with E-state index in [0.29, 0.717) is 5.56 Å². The summed E-state index contributed by atoms with van der Waals surface area (Å²) in [5.74, 6) is -0.647. The fraction of sp³-hybridized carbons (Fsp3) is 0.417. The molecule has 82 valence electrons. The number of hydrogen-bond donors (Lipinski definition) is 1. The van der Waals surface area contributed by atoms with E-state index in [1.165, 1.54) is 14.0 Å². The van der Waals surface area contributed by atoms with Gasteiger partial charge in [0.25, 0.3) is 0 Å². The summed E-state index contributed by atoms with van der Waals surface area (Å²) in [4.78, 5) is 11.4. The summed E-state index contributed by atoms with van der Waals surface area (Å²) in [5.41, 5.74) is 1.14. The first-order valence-electron chi connectivity index (χ1n) is 4.78. The number of rotatable bonds is 2. The van der Waals surface area contributed by atoms with Gasteiger partial charge < -0.3 is 9.84 Å². The van der Waals surface area contributed by atoms with Crippen LogP contribution in [0.1, 0.15) is 23.6 Å². The highest BCUT2D eigenvalue weighted by atomic mass is 16.5. The van der Waals surface area contributed by atoms with Crippen LogP contribution in [0.3, 0.4) is 0 Å². The zero-order valence-electron chi connectivity index (χ0n) is 9.50. The zero-order chi connectivity index (χ0) is 11.6. The minimum atomic E-state index is -1.58. The van der Waals surface area contributed by atoms with Crippen molar-refractivity contribution in [1.29, 1.82) is 0 Å². The van der Waals surface area contributed by atoms with Crippen molar-refractivity contribution in [3.05, 3.63) is 34.9 Å². The average molecular weight is 208 g/mol. The molecule has 0 spiro atoms. The highest BCUT2D eigenvalue weighted by Gasteiger charge is 2.33. The molecule has 0 fully saturated rings. The molecule has 1 atom stereocenters. The fourth-order valence-corrected chi connectivity index (χ4v) is 1.36. The number of esters is 1. The number of hydrogen-bond acceptors (Lipinski definition) is 3. The molecule has 1 aromatic carbocycles. The predicted molar refractivity (Wildman–Crippen MR) is 57.5 cm³/mol. The van der Waals surface area contributed by atoms with E-state index in [1.54, 1.807) is 12.1 Å². The van der Waals surface area contributed by atoms with Crippen LogP contribution < -0.4 is 0 Å². The van der Waals surface area contributed by atoms with E-state index in [2.05, 4.69) is 4.74 Å². The fourth-order valence-electron chi connectivity index (χ4n) is 1.36. The smallest absolute Gasteiger partial charge is 0.342 e. The monoisotopic (exact) mass is 208 g/mol. The Kier molecular flexibility index (Phi) is 3.15. The molecule has 0 aliphatic carbocycles. The normalized spacial score (nSPS) is 14.5. The molecule has 0 saturated heterocycles. The Morgan fingerprint density at radius 3 is 2.40 bits per heavy atom. The number of aryl methyl sites for hydroxylation is 2. The van der Waals surface area contributed by atoms with E-state index in [4.69, 9.17) is 0 Å². The third-order valence-corrected chi connectivity index (χ3v) is 2.65. The Labute approximate surface area is 89.7 Å². The van der Waals surface area contributed by atoms with Gasteiger partial charge in [-0.2, -0.15) is 0 Å². The van der Waals surface area contributed by atoms with E-state index in [0.717, 1.165) is 11.1 Å². The number of aliphatic hydroxyl groups is 1. The van der Waals surface area contributed by atoms with Crippen LogP contribution in [0.2, 0.25) is 0 Å². The molecule has 0 bridgehead atoms. The van der Waals surface area contributed by atoms with Crippen molar-refractivity contribution in [1.82, 2.24) is 0 Å². The maximum Gasteiger partial charge on any atom is 0.342 e. The zero-order valence-corrected chi connectivity index (χ0v) is 9.50. The van der Waals surface area contributed by atoms with Crippen LogP contribution in [0.15, 0.2) is 18.2 Å². The maximum absolute atomic E-state index is 11.4. The lowest BCUT2D eigenvalue weighted by molar-refractivity contribution is -0.161. The van der Waals surface area contributed by atoms with Gasteiger partial charge in [-0.25, -0.2) is 4.79 Å². The van der Waals surface area contributed by atoms with Crippen molar-refractivity contribution in [3.63, 3.8) is 0 Å². The average Bonchev–Trinajstić information content (AvgIpc) is 2.20. The van der Waals surface area contributed by atoms with Gasteiger partial charge in [-0.05, 0) is 37.5 Å². The van der Waals surface area contributed by atoms with E-state index in [1.807, 2.05) is 19.9 Å². The molecule has 0 saturated carbocycles. The Morgan fingerprint density at radius 2 is 1.93 bits per heavy atom. The SMILES string of the molecule is COC(=O)C(C)(O)c1ccc(C)c(C)c1. The van der Waals surface area contributed by atoms with E-state index in [9.17, 15) is 9.90 Å². The molecule has 0 radical (unpaired) electrons. The van der Waals surface area contributed by atoms with Crippen molar-refractivity contribution < 1.29 is 14.6 Å². The van der Waals surface area contributed by atoms with Gasteiger partial charge in [0.1, 0.15) is 0 Å².